The number of hydrogen-bond donors (Lipinski definition) is 2. The predicted octanol–water partition coefficient (Wildman–Crippen LogP) is 6.05. The average molecular weight is 577 g/mol. The topological polar surface area (TPSA) is 115 Å². The van der Waals surface area contributed by atoms with Gasteiger partial charge in [0.05, 0.1) is 19.7 Å². The Morgan fingerprint density at radius 1 is 1.05 bits per heavy atom. The summed E-state index contributed by atoms with van der Waals surface area (Å²) in [6.07, 6.45) is 1.44. The van der Waals surface area contributed by atoms with Crippen LogP contribution in [-0.2, 0) is 11.8 Å². The number of methoxy groups -OCH3 is 2. The summed E-state index contributed by atoms with van der Waals surface area (Å²) in [6, 6.07) is 17.3. The van der Waals surface area contributed by atoms with Crippen LogP contribution in [-0.4, -0.2) is 35.7 Å². The second-order valence-electron chi connectivity index (χ2n) is 8.37. The number of fused-ring (bicyclic) bond motifs is 1. The van der Waals surface area contributed by atoms with Crippen molar-refractivity contribution in [3.63, 3.8) is 0 Å². The lowest BCUT2D eigenvalue weighted by molar-refractivity contribution is -0.115. The Morgan fingerprint density at radius 2 is 1.79 bits per heavy atom. The molecular weight excluding hydrogens is 552 g/mol. The molecule has 0 radical (unpaired) electrons. The first-order valence-electron chi connectivity index (χ1n) is 11.5. The van der Waals surface area contributed by atoms with E-state index in [0.717, 1.165) is 10.0 Å². The number of azo groups is 1. The fraction of sp³-hybridized carbons (Fsp3) is 0.143. The molecule has 2 amide bonds. The Bertz CT molecular complexity index is 1590. The zero-order chi connectivity index (χ0) is 27.4. The Balaban J connectivity index is 1.78. The molecule has 1 aromatic heterocycles. The number of aromatic nitrogens is 1. The molecule has 38 heavy (non-hydrogen) atoms. The fourth-order valence-electron chi connectivity index (χ4n) is 3.93. The number of amides is 2. The van der Waals surface area contributed by atoms with Gasteiger partial charge in [-0.15, -0.1) is 10.2 Å². The quantitative estimate of drug-likeness (QED) is 0.205. The SMILES string of the molecule is COc1ccc(OC)c(C=C(NC(=O)c2ccccc2)C(=O)N=Nc2c(O)n(C)c3c(Br)cc(C)cc23)c1. The third-order valence-electron chi connectivity index (χ3n) is 5.82. The fourth-order valence-corrected chi connectivity index (χ4v) is 4.77. The van der Waals surface area contributed by atoms with Gasteiger partial charge < -0.3 is 24.5 Å². The van der Waals surface area contributed by atoms with Crippen LogP contribution in [0.2, 0.25) is 0 Å². The van der Waals surface area contributed by atoms with Gasteiger partial charge in [0.2, 0.25) is 5.88 Å². The number of halogens is 1. The van der Waals surface area contributed by atoms with Gasteiger partial charge in [-0.25, -0.2) is 0 Å². The summed E-state index contributed by atoms with van der Waals surface area (Å²) in [4.78, 5) is 26.2. The number of hydrogen-bond acceptors (Lipinski definition) is 6. The van der Waals surface area contributed by atoms with Crippen LogP contribution in [0, 0.1) is 6.92 Å². The van der Waals surface area contributed by atoms with Gasteiger partial charge in [0.25, 0.3) is 5.91 Å². The van der Waals surface area contributed by atoms with Crippen LogP contribution in [0.25, 0.3) is 17.0 Å². The van der Waals surface area contributed by atoms with Crippen LogP contribution >= 0.6 is 15.9 Å². The summed E-state index contributed by atoms with van der Waals surface area (Å²) in [6.45, 7) is 1.90. The molecule has 0 bridgehead atoms. The van der Waals surface area contributed by atoms with E-state index >= 15 is 0 Å². The molecule has 9 nitrogen and oxygen atoms in total. The minimum atomic E-state index is -0.831. The highest BCUT2D eigenvalue weighted by Crippen LogP contribution is 2.41. The molecular formula is C28H25BrN4O5. The van der Waals surface area contributed by atoms with Crippen LogP contribution in [0.3, 0.4) is 0 Å². The number of ether oxygens (including phenoxy) is 2. The van der Waals surface area contributed by atoms with Crippen molar-refractivity contribution in [1.29, 1.82) is 0 Å². The molecule has 0 saturated heterocycles. The van der Waals surface area contributed by atoms with Crippen LogP contribution in [0.1, 0.15) is 21.5 Å². The van der Waals surface area contributed by atoms with E-state index in [2.05, 4.69) is 31.5 Å². The Hall–Kier alpha value is -4.44. The van der Waals surface area contributed by atoms with Crippen molar-refractivity contribution in [1.82, 2.24) is 9.88 Å². The lowest BCUT2D eigenvalue weighted by atomic mass is 10.1. The van der Waals surface area contributed by atoms with Crippen LogP contribution < -0.4 is 14.8 Å². The predicted molar refractivity (Wildman–Crippen MR) is 148 cm³/mol. The van der Waals surface area contributed by atoms with Gasteiger partial charge >= 0.3 is 5.91 Å². The highest BCUT2D eigenvalue weighted by atomic mass is 79.9. The molecule has 3 aromatic carbocycles. The maximum absolute atomic E-state index is 13.3. The first kappa shape index (κ1) is 26.6. The van der Waals surface area contributed by atoms with Gasteiger partial charge in [0, 0.05) is 28.0 Å². The van der Waals surface area contributed by atoms with Crippen LogP contribution in [0.15, 0.2) is 81.1 Å². The Kier molecular flexibility index (Phi) is 7.92. The van der Waals surface area contributed by atoms with Gasteiger partial charge in [-0.05, 0) is 77.0 Å². The smallest absolute Gasteiger partial charge is 0.311 e. The van der Waals surface area contributed by atoms with Crippen molar-refractivity contribution in [3.05, 3.63) is 87.5 Å². The molecule has 0 fully saturated rings. The van der Waals surface area contributed by atoms with Gasteiger partial charge in [0.15, 0.2) is 5.69 Å². The zero-order valence-electron chi connectivity index (χ0n) is 21.2. The Morgan fingerprint density at radius 3 is 2.47 bits per heavy atom. The lowest BCUT2D eigenvalue weighted by Gasteiger charge is -2.10. The van der Waals surface area contributed by atoms with E-state index in [4.69, 9.17) is 9.47 Å². The molecule has 0 aliphatic carbocycles. The number of benzene rings is 3. The molecule has 0 unspecified atom stereocenters. The van der Waals surface area contributed by atoms with Gasteiger partial charge in [-0.1, -0.05) is 18.2 Å². The summed E-state index contributed by atoms with van der Waals surface area (Å²) < 4.78 is 13.0. The molecule has 10 heteroatoms. The number of rotatable bonds is 7. The number of carbonyl (C=O) groups excluding carboxylic acids is 2. The zero-order valence-corrected chi connectivity index (χ0v) is 22.7. The van der Waals surface area contributed by atoms with Crippen molar-refractivity contribution in [2.24, 2.45) is 17.3 Å². The molecule has 4 rings (SSSR count). The summed E-state index contributed by atoms with van der Waals surface area (Å²) in [7, 11) is 4.69. The first-order chi connectivity index (χ1) is 18.2. The van der Waals surface area contributed by atoms with Crippen molar-refractivity contribution in [2.45, 2.75) is 6.92 Å². The van der Waals surface area contributed by atoms with E-state index in [1.54, 1.807) is 60.1 Å². The van der Waals surface area contributed by atoms with Crippen LogP contribution in [0.4, 0.5) is 5.69 Å². The molecule has 0 aliphatic rings. The summed E-state index contributed by atoms with van der Waals surface area (Å²) in [5, 5.41) is 21.9. The normalized spacial score (nSPS) is 11.7. The number of nitrogens with zero attached hydrogens (tertiary/aromatic N) is 3. The van der Waals surface area contributed by atoms with Gasteiger partial charge in [-0.2, -0.15) is 0 Å². The molecule has 194 valence electrons. The van der Waals surface area contributed by atoms with Crippen LogP contribution in [0.5, 0.6) is 17.4 Å². The largest absolute Gasteiger partial charge is 0.497 e. The second-order valence-corrected chi connectivity index (χ2v) is 9.22. The number of nitrogens with one attached hydrogen (secondary N) is 1. The summed E-state index contributed by atoms with van der Waals surface area (Å²) in [5.41, 5.74) is 2.45. The molecule has 2 N–H and O–H groups in total. The number of aromatic hydroxyl groups is 1. The number of carbonyl (C=O) groups is 2. The first-order valence-corrected chi connectivity index (χ1v) is 12.3. The summed E-state index contributed by atoms with van der Waals surface area (Å²) >= 11 is 3.51. The van der Waals surface area contributed by atoms with Gasteiger partial charge in [0.1, 0.15) is 17.2 Å². The van der Waals surface area contributed by atoms with Crippen molar-refractivity contribution in [3.8, 4) is 17.4 Å². The van der Waals surface area contributed by atoms with E-state index < -0.39 is 11.8 Å². The number of aryl methyl sites for hydroxylation is 2. The van der Waals surface area contributed by atoms with E-state index in [9.17, 15) is 14.7 Å². The van der Waals surface area contributed by atoms with E-state index in [1.807, 2.05) is 19.1 Å². The highest BCUT2D eigenvalue weighted by Gasteiger charge is 2.20. The minimum absolute atomic E-state index is 0.132. The van der Waals surface area contributed by atoms with E-state index in [1.165, 1.54) is 20.3 Å². The van der Waals surface area contributed by atoms with E-state index in [-0.39, 0.29) is 17.3 Å². The monoisotopic (exact) mass is 576 g/mol. The maximum atomic E-state index is 13.3. The van der Waals surface area contributed by atoms with Crippen molar-refractivity contribution in [2.75, 3.05) is 14.2 Å². The molecule has 0 aliphatic heterocycles. The standard InChI is InChI=1S/C28H25BrN4O5/c1-16-12-20-24(28(36)33(2)25(20)21(29)13-16)31-32-27(35)22(30-26(34)17-8-6-5-7-9-17)15-18-14-19(37-3)10-11-23(18)38-4/h5-15,36H,1-4H3,(H,30,34). The molecule has 0 atom stereocenters. The molecule has 0 spiro atoms. The van der Waals surface area contributed by atoms with Crippen molar-refractivity contribution < 1.29 is 24.2 Å². The van der Waals surface area contributed by atoms with E-state index in [0.29, 0.717) is 33.5 Å². The second kappa shape index (κ2) is 11.3. The van der Waals surface area contributed by atoms with Crippen molar-refractivity contribution >= 4 is 50.4 Å². The molecule has 0 saturated carbocycles. The Labute approximate surface area is 227 Å². The average Bonchev–Trinajstić information content (AvgIpc) is 3.15. The minimum Gasteiger partial charge on any atom is -0.497 e. The third-order valence-corrected chi connectivity index (χ3v) is 6.42. The van der Waals surface area contributed by atoms with Gasteiger partial charge in [-0.3, -0.25) is 9.59 Å². The lowest BCUT2D eigenvalue weighted by Crippen LogP contribution is -2.26. The molecule has 1 heterocycles. The highest BCUT2D eigenvalue weighted by molar-refractivity contribution is 9.10. The third kappa shape index (κ3) is 5.45. The molecule has 4 aromatic rings. The summed E-state index contributed by atoms with van der Waals surface area (Å²) in [5.74, 6) is -0.510. The maximum Gasteiger partial charge on any atom is 0.311 e.